The topological polar surface area (TPSA) is 101 Å². The van der Waals surface area contributed by atoms with Gasteiger partial charge in [0.15, 0.2) is 0 Å². The summed E-state index contributed by atoms with van der Waals surface area (Å²) in [5.74, 6) is -1.13. The summed E-state index contributed by atoms with van der Waals surface area (Å²) >= 11 is 2.41. The van der Waals surface area contributed by atoms with E-state index in [-0.39, 0.29) is 23.7 Å². The van der Waals surface area contributed by atoms with E-state index in [2.05, 4.69) is 42.0 Å². The van der Waals surface area contributed by atoms with Crippen LogP contribution in [0.2, 0.25) is 0 Å². The van der Waals surface area contributed by atoms with E-state index in [4.69, 9.17) is 9.47 Å². The van der Waals surface area contributed by atoms with Crippen molar-refractivity contribution in [3.05, 3.63) is 75.1 Å². The number of carbonyl (C=O) groups excluding carboxylic acids is 2. The van der Waals surface area contributed by atoms with Crippen LogP contribution in [0.3, 0.4) is 0 Å². The Bertz CT molecular complexity index is 1300. The standard InChI is InChI=1S/C26H25N3O4S2/c1-5-12-33-26(31)22-16(4)21(25(30)32-7-3)24(35-22)28-14-19(13-27)23-29-20(15-34-23)18-10-8-17(6-2)9-11-18/h5,8-11,14-15,28H,1,6-7,12H2,2-4H3/b19-14-. The molecule has 0 aliphatic heterocycles. The Morgan fingerprint density at radius 2 is 1.94 bits per heavy atom. The van der Waals surface area contributed by atoms with Crippen molar-refractivity contribution in [2.75, 3.05) is 18.5 Å². The maximum absolute atomic E-state index is 12.6. The lowest BCUT2D eigenvalue weighted by atomic mass is 10.1. The van der Waals surface area contributed by atoms with Crippen LogP contribution in [0.5, 0.6) is 0 Å². The fourth-order valence-corrected chi connectivity index (χ4v) is 5.03. The zero-order valence-corrected chi connectivity index (χ0v) is 21.3. The van der Waals surface area contributed by atoms with Crippen LogP contribution in [0.25, 0.3) is 16.8 Å². The summed E-state index contributed by atoms with van der Waals surface area (Å²) in [5, 5.41) is 15.6. The molecule has 0 fully saturated rings. The first kappa shape index (κ1) is 25.9. The molecule has 0 saturated carbocycles. The van der Waals surface area contributed by atoms with Crippen molar-refractivity contribution in [2.24, 2.45) is 0 Å². The molecule has 2 aromatic heterocycles. The molecule has 0 amide bonds. The molecule has 0 atom stereocenters. The van der Waals surface area contributed by atoms with Crippen LogP contribution in [0.1, 0.15) is 50.0 Å². The molecule has 180 valence electrons. The lowest BCUT2D eigenvalue weighted by Crippen LogP contribution is -2.09. The number of nitrogens with zero attached hydrogens (tertiary/aromatic N) is 2. The normalized spacial score (nSPS) is 11.0. The zero-order chi connectivity index (χ0) is 25.4. The summed E-state index contributed by atoms with van der Waals surface area (Å²) in [7, 11) is 0. The summed E-state index contributed by atoms with van der Waals surface area (Å²) < 4.78 is 10.3. The second-order valence-corrected chi connectivity index (χ2v) is 9.15. The molecule has 0 bridgehead atoms. The molecule has 0 saturated heterocycles. The van der Waals surface area contributed by atoms with Gasteiger partial charge in [0.1, 0.15) is 33.1 Å². The number of aryl methyl sites for hydroxylation is 1. The molecule has 2 heterocycles. The number of rotatable bonds is 10. The zero-order valence-electron chi connectivity index (χ0n) is 19.7. The smallest absolute Gasteiger partial charge is 0.348 e. The maximum atomic E-state index is 12.6. The van der Waals surface area contributed by atoms with Crippen LogP contribution >= 0.6 is 22.7 Å². The van der Waals surface area contributed by atoms with Crippen LogP contribution < -0.4 is 5.32 Å². The minimum absolute atomic E-state index is 0.0553. The van der Waals surface area contributed by atoms with Gasteiger partial charge in [-0.25, -0.2) is 14.6 Å². The first-order chi connectivity index (χ1) is 16.9. The number of allylic oxidation sites excluding steroid dienone is 1. The number of ether oxygens (including phenoxy) is 2. The highest BCUT2D eigenvalue weighted by atomic mass is 32.1. The Hall–Kier alpha value is -3.74. The van der Waals surface area contributed by atoms with Gasteiger partial charge in [-0.15, -0.1) is 22.7 Å². The second-order valence-electron chi connectivity index (χ2n) is 7.27. The van der Waals surface area contributed by atoms with Crippen molar-refractivity contribution in [2.45, 2.75) is 27.2 Å². The molecule has 35 heavy (non-hydrogen) atoms. The highest BCUT2D eigenvalue weighted by Gasteiger charge is 2.26. The summed E-state index contributed by atoms with van der Waals surface area (Å²) in [6, 6.07) is 10.3. The van der Waals surface area contributed by atoms with Gasteiger partial charge in [-0.3, -0.25) is 0 Å². The Balaban J connectivity index is 1.91. The molecule has 3 aromatic rings. The number of carbonyl (C=O) groups is 2. The van der Waals surface area contributed by atoms with Gasteiger partial charge in [-0.2, -0.15) is 5.26 Å². The van der Waals surface area contributed by atoms with Crippen molar-refractivity contribution < 1.29 is 19.1 Å². The number of anilines is 1. The largest absolute Gasteiger partial charge is 0.462 e. The maximum Gasteiger partial charge on any atom is 0.348 e. The van der Waals surface area contributed by atoms with Crippen LogP contribution in [0.4, 0.5) is 5.00 Å². The van der Waals surface area contributed by atoms with Crippen LogP contribution in [-0.4, -0.2) is 30.1 Å². The van der Waals surface area contributed by atoms with E-state index in [0.29, 0.717) is 21.1 Å². The highest BCUT2D eigenvalue weighted by Crippen LogP contribution is 2.35. The Kier molecular flexibility index (Phi) is 8.95. The van der Waals surface area contributed by atoms with E-state index in [1.165, 1.54) is 29.2 Å². The van der Waals surface area contributed by atoms with Crippen LogP contribution in [0, 0.1) is 18.3 Å². The van der Waals surface area contributed by atoms with E-state index in [9.17, 15) is 14.9 Å². The number of aromatic nitrogens is 1. The predicted octanol–water partition coefficient (Wildman–Crippen LogP) is 6.24. The third-order valence-electron chi connectivity index (χ3n) is 5.00. The molecular formula is C26H25N3O4S2. The Morgan fingerprint density at radius 3 is 2.57 bits per heavy atom. The van der Waals surface area contributed by atoms with E-state index < -0.39 is 11.9 Å². The number of esters is 2. The molecule has 0 radical (unpaired) electrons. The fraction of sp³-hybridized carbons (Fsp3) is 0.231. The van der Waals surface area contributed by atoms with Crippen molar-refractivity contribution in [1.29, 1.82) is 5.26 Å². The number of nitriles is 1. The lowest BCUT2D eigenvalue weighted by molar-refractivity contribution is 0.0527. The fourth-order valence-electron chi connectivity index (χ4n) is 3.18. The third kappa shape index (κ3) is 6.04. The molecule has 0 spiro atoms. The highest BCUT2D eigenvalue weighted by molar-refractivity contribution is 7.18. The number of nitrogens with one attached hydrogen (secondary N) is 1. The second kappa shape index (κ2) is 12.1. The van der Waals surface area contributed by atoms with E-state index in [1.807, 2.05) is 17.5 Å². The molecule has 9 heteroatoms. The summed E-state index contributed by atoms with van der Waals surface area (Å²) in [4.78, 5) is 29.9. The predicted molar refractivity (Wildman–Crippen MR) is 140 cm³/mol. The quantitative estimate of drug-likeness (QED) is 0.197. The van der Waals surface area contributed by atoms with Gasteiger partial charge < -0.3 is 14.8 Å². The Labute approximate surface area is 212 Å². The summed E-state index contributed by atoms with van der Waals surface area (Å²) in [6.07, 6.45) is 3.91. The van der Waals surface area contributed by atoms with Gasteiger partial charge in [0.05, 0.1) is 17.9 Å². The van der Waals surface area contributed by atoms with Crippen LogP contribution in [0.15, 0.2) is 48.5 Å². The number of thiophene rings is 1. The van der Waals surface area contributed by atoms with Gasteiger partial charge in [-0.1, -0.05) is 43.8 Å². The van der Waals surface area contributed by atoms with Crippen molar-refractivity contribution in [3.63, 3.8) is 0 Å². The van der Waals surface area contributed by atoms with Gasteiger partial charge in [0.2, 0.25) is 0 Å². The molecule has 1 aromatic carbocycles. The molecule has 0 unspecified atom stereocenters. The minimum atomic E-state index is -0.564. The lowest BCUT2D eigenvalue weighted by Gasteiger charge is -2.05. The average Bonchev–Trinajstić information content (AvgIpc) is 3.48. The average molecular weight is 508 g/mol. The number of hydrogen-bond acceptors (Lipinski definition) is 9. The molecule has 0 aliphatic carbocycles. The summed E-state index contributed by atoms with van der Waals surface area (Å²) in [6.45, 7) is 9.24. The molecule has 3 rings (SSSR count). The number of hydrogen-bond donors (Lipinski definition) is 1. The van der Waals surface area contributed by atoms with Gasteiger partial charge in [0.25, 0.3) is 0 Å². The van der Waals surface area contributed by atoms with Gasteiger partial charge in [0, 0.05) is 17.1 Å². The van der Waals surface area contributed by atoms with Crippen LogP contribution in [-0.2, 0) is 15.9 Å². The van der Waals surface area contributed by atoms with Crippen molar-refractivity contribution in [1.82, 2.24) is 4.98 Å². The molecule has 1 N–H and O–H groups in total. The first-order valence-corrected chi connectivity index (χ1v) is 12.6. The summed E-state index contributed by atoms with van der Waals surface area (Å²) in [5.41, 5.74) is 3.96. The van der Waals surface area contributed by atoms with Crippen molar-refractivity contribution >= 4 is 45.2 Å². The molecule has 7 nitrogen and oxygen atoms in total. The van der Waals surface area contributed by atoms with Gasteiger partial charge in [-0.05, 0) is 31.4 Å². The van der Waals surface area contributed by atoms with Gasteiger partial charge >= 0.3 is 11.9 Å². The van der Waals surface area contributed by atoms with E-state index in [1.54, 1.807) is 13.8 Å². The molecule has 0 aliphatic rings. The van der Waals surface area contributed by atoms with E-state index >= 15 is 0 Å². The number of thiazole rings is 1. The first-order valence-electron chi connectivity index (χ1n) is 10.9. The van der Waals surface area contributed by atoms with E-state index in [0.717, 1.165) is 29.0 Å². The minimum Gasteiger partial charge on any atom is -0.462 e. The molecular weight excluding hydrogens is 482 g/mol. The Morgan fingerprint density at radius 1 is 1.20 bits per heavy atom. The monoisotopic (exact) mass is 507 g/mol. The number of benzene rings is 1. The third-order valence-corrected chi connectivity index (χ3v) is 7.08. The van der Waals surface area contributed by atoms with Crippen molar-refractivity contribution in [3.8, 4) is 17.3 Å². The SMILES string of the molecule is C=CCOC(=O)c1sc(N/C=C(/C#N)c2nc(-c3ccc(CC)cc3)cs2)c(C(=O)OCC)c1C.